The Bertz CT molecular complexity index is 767. The van der Waals surface area contributed by atoms with E-state index >= 15 is 0 Å². The maximum atomic E-state index is 5.31. The number of hydrogen-bond acceptors (Lipinski definition) is 6. The van der Waals surface area contributed by atoms with E-state index in [9.17, 15) is 0 Å². The smallest absolute Gasteiger partial charge is 0.257 e. The Morgan fingerprint density at radius 2 is 1.80 bits per heavy atom. The molecule has 3 rings (SSSR count). The van der Waals surface area contributed by atoms with Gasteiger partial charge in [-0.25, -0.2) is 0 Å². The molecule has 0 saturated carbocycles. The quantitative estimate of drug-likeness (QED) is 0.783. The number of aromatic nitrogens is 5. The van der Waals surface area contributed by atoms with E-state index in [1.807, 2.05) is 38.1 Å². The van der Waals surface area contributed by atoms with E-state index in [1.54, 1.807) is 11.6 Å². The predicted octanol–water partition coefficient (Wildman–Crippen LogP) is 1.89. The summed E-state index contributed by atoms with van der Waals surface area (Å²) in [4.78, 5) is 12.9. The van der Waals surface area contributed by atoms with Gasteiger partial charge in [-0.15, -0.1) is 5.10 Å². The minimum Gasteiger partial charge on any atom is -0.495 e. The molecular formula is C13H14N6O. The molecule has 0 spiro atoms. The molecule has 2 heterocycles. The van der Waals surface area contributed by atoms with Crippen LogP contribution in [0.3, 0.4) is 0 Å². The van der Waals surface area contributed by atoms with Crippen LogP contribution in [0, 0.1) is 13.8 Å². The molecule has 1 aromatic carbocycles. The van der Waals surface area contributed by atoms with Gasteiger partial charge in [-0.3, -0.25) is 0 Å². The van der Waals surface area contributed by atoms with Gasteiger partial charge in [-0.1, -0.05) is 12.1 Å². The number of para-hydroxylation sites is 2. The molecule has 0 amide bonds. The predicted molar refractivity (Wildman–Crippen MR) is 74.3 cm³/mol. The number of nitrogens with zero attached hydrogens (tertiary/aromatic N) is 5. The van der Waals surface area contributed by atoms with Crippen LogP contribution in [0.2, 0.25) is 0 Å². The Morgan fingerprint density at radius 3 is 2.60 bits per heavy atom. The van der Waals surface area contributed by atoms with Crippen LogP contribution in [0.4, 0.5) is 11.6 Å². The van der Waals surface area contributed by atoms with Crippen LogP contribution < -0.4 is 10.1 Å². The van der Waals surface area contributed by atoms with Gasteiger partial charge in [0, 0.05) is 0 Å². The number of benzene rings is 1. The molecule has 0 aliphatic carbocycles. The van der Waals surface area contributed by atoms with E-state index in [1.165, 1.54) is 0 Å². The van der Waals surface area contributed by atoms with Crippen molar-refractivity contribution in [3.05, 3.63) is 35.9 Å². The highest BCUT2D eigenvalue weighted by Gasteiger charge is 2.11. The third kappa shape index (κ3) is 2.13. The zero-order valence-electron chi connectivity index (χ0n) is 11.5. The minimum absolute atomic E-state index is 0.521. The van der Waals surface area contributed by atoms with Crippen molar-refractivity contribution >= 4 is 17.4 Å². The SMILES string of the molecule is COc1ccccc1Nc1nc(C)nc2nc(C)nn12. The maximum Gasteiger partial charge on any atom is 0.257 e. The number of hydrogen-bond donors (Lipinski definition) is 1. The molecule has 0 aliphatic heterocycles. The summed E-state index contributed by atoms with van der Waals surface area (Å²) < 4.78 is 6.89. The second-order valence-corrected chi connectivity index (χ2v) is 4.29. The molecule has 7 heteroatoms. The molecule has 2 aromatic heterocycles. The highest BCUT2D eigenvalue weighted by atomic mass is 16.5. The molecule has 0 bridgehead atoms. The summed E-state index contributed by atoms with van der Waals surface area (Å²) in [6, 6.07) is 7.61. The molecule has 1 N–H and O–H groups in total. The lowest BCUT2D eigenvalue weighted by Crippen LogP contribution is -2.07. The highest BCUT2D eigenvalue weighted by Crippen LogP contribution is 2.26. The summed E-state index contributed by atoms with van der Waals surface area (Å²) in [5.41, 5.74) is 0.808. The van der Waals surface area contributed by atoms with Crippen molar-refractivity contribution in [1.82, 2.24) is 24.6 Å². The number of anilines is 2. The molecular weight excluding hydrogens is 256 g/mol. The van der Waals surface area contributed by atoms with Gasteiger partial charge in [0.2, 0.25) is 5.95 Å². The van der Waals surface area contributed by atoms with Crippen LogP contribution >= 0.6 is 0 Å². The third-order valence-electron chi connectivity index (χ3n) is 2.78. The second kappa shape index (κ2) is 4.76. The summed E-state index contributed by atoms with van der Waals surface area (Å²) in [5, 5.41) is 7.49. The lowest BCUT2D eigenvalue weighted by atomic mass is 10.3. The summed E-state index contributed by atoms with van der Waals surface area (Å²) in [7, 11) is 1.63. The molecule has 7 nitrogen and oxygen atoms in total. The fourth-order valence-corrected chi connectivity index (χ4v) is 1.94. The number of rotatable bonds is 3. The first kappa shape index (κ1) is 12.3. The molecule has 0 atom stereocenters. The first-order valence-corrected chi connectivity index (χ1v) is 6.15. The van der Waals surface area contributed by atoms with Gasteiger partial charge in [0.15, 0.2) is 0 Å². The normalized spacial score (nSPS) is 10.8. The van der Waals surface area contributed by atoms with Crippen LogP contribution in [-0.2, 0) is 0 Å². The van der Waals surface area contributed by atoms with Crippen molar-refractivity contribution < 1.29 is 4.74 Å². The average Bonchev–Trinajstić information content (AvgIpc) is 2.79. The Hall–Kier alpha value is -2.70. The molecule has 0 unspecified atom stereocenters. The van der Waals surface area contributed by atoms with E-state index < -0.39 is 0 Å². The summed E-state index contributed by atoms with van der Waals surface area (Å²) in [5.74, 6) is 3.08. The van der Waals surface area contributed by atoms with E-state index in [0.29, 0.717) is 23.4 Å². The first-order chi connectivity index (χ1) is 9.67. The third-order valence-corrected chi connectivity index (χ3v) is 2.78. The van der Waals surface area contributed by atoms with E-state index in [-0.39, 0.29) is 0 Å². The number of nitrogens with one attached hydrogen (secondary N) is 1. The molecule has 0 saturated heterocycles. The van der Waals surface area contributed by atoms with Crippen molar-refractivity contribution in [3.8, 4) is 5.75 Å². The van der Waals surface area contributed by atoms with Gasteiger partial charge >= 0.3 is 0 Å². The maximum absolute atomic E-state index is 5.31. The van der Waals surface area contributed by atoms with Crippen LogP contribution in [0.25, 0.3) is 5.78 Å². The van der Waals surface area contributed by atoms with E-state index in [0.717, 1.165) is 11.4 Å². The molecule has 102 valence electrons. The van der Waals surface area contributed by atoms with Crippen molar-refractivity contribution in [1.29, 1.82) is 0 Å². The second-order valence-electron chi connectivity index (χ2n) is 4.29. The van der Waals surface area contributed by atoms with Gasteiger partial charge in [-0.05, 0) is 26.0 Å². The average molecular weight is 270 g/mol. The Labute approximate surface area is 115 Å². The van der Waals surface area contributed by atoms with Gasteiger partial charge in [-0.2, -0.15) is 19.5 Å². The van der Waals surface area contributed by atoms with Crippen molar-refractivity contribution in [2.24, 2.45) is 0 Å². The van der Waals surface area contributed by atoms with Gasteiger partial charge in [0.05, 0.1) is 12.8 Å². The van der Waals surface area contributed by atoms with Gasteiger partial charge < -0.3 is 10.1 Å². The molecule has 3 aromatic rings. The Balaban J connectivity index is 2.10. The van der Waals surface area contributed by atoms with E-state index in [4.69, 9.17) is 4.74 Å². The zero-order valence-corrected chi connectivity index (χ0v) is 11.5. The van der Waals surface area contributed by atoms with Gasteiger partial charge in [0.25, 0.3) is 5.78 Å². The number of fused-ring (bicyclic) bond motifs is 1. The van der Waals surface area contributed by atoms with Crippen LogP contribution in [0.1, 0.15) is 11.6 Å². The number of methoxy groups -OCH3 is 1. The Kier molecular flexibility index (Phi) is 2.94. The minimum atomic E-state index is 0.521. The number of ether oxygens (including phenoxy) is 1. The topological polar surface area (TPSA) is 77.2 Å². The van der Waals surface area contributed by atoms with Crippen molar-refractivity contribution in [2.45, 2.75) is 13.8 Å². The lowest BCUT2D eigenvalue weighted by molar-refractivity contribution is 0.416. The number of aryl methyl sites for hydroxylation is 2. The lowest BCUT2D eigenvalue weighted by Gasteiger charge is -2.10. The van der Waals surface area contributed by atoms with Crippen molar-refractivity contribution in [2.75, 3.05) is 12.4 Å². The fraction of sp³-hybridized carbons (Fsp3) is 0.231. The summed E-state index contributed by atoms with van der Waals surface area (Å²) in [6.07, 6.45) is 0. The standard InChI is InChI=1S/C13H14N6O/c1-8-14-12-16-9(2)18-19(12)13(15-8)17-10-6-4-5-7-11(10)20-3/h4-7H,1-3H3,(H,14,15,16,17,18). The van der Waals surface area contributed by atoms with Crippen LogP contribution in [0.5, 0.6) is 5.75 Å². The molecule has 0 fully saturated rings. The monoisotopic (exact) mass is 270 g/mol. The van der Waals surface area contributed by atoms with E-state index in [2.05, 4.69) is 25.4 Å². The van der Waals surface area contributed by atoms with Crippen LogP contribution in [-0.4, -0.2) is 31.7 Å². The van der Waals surface area contributed by atoms with Crippen molar-refractivity contribution in [3.63, 3.8) is 0 Å². The summed E-state index contributed by atoms with van der Waals surface area (Å²) in [6.45, 7) is 3.63. The molecule has 0 radical (unpaired) electrons. The highest BCUT2D eigenvalue weighted by molar-refractivity contribution is 5.63. The molecule has 20 heavy (non-hydrogen) atoms. The largest absolute Gasteiger partial charge is 0.495 e. The first-order valence-electron chi connectivity index (χ1n) is 6.15. The fourth-order valence-electron chi connectivity index (χ4n) is 1.94. The molecule has 0 aliphatic rings. The zero-order chi connectivity index (χ0) is 14.1. The van der Waals surface area contributed by atoms with Crippen LogP contribution in [0.15, 0.2) is 24.3 Å². The van der Waals surface area contributed by atoms with Gasteiger partial charge in [0.1, 0.15) is 17.4 Å². The summed E-state index contributed by atoms with van der Waals surface area (Å²) >= 11 is 0. The Morgan fingerprint density at radius 1 is 1.05 bits per heavy atom.